The highest BCUT2D eigenvalue weighted by molar-refractivity contribution is 9.10. The first-order chi connectivity index (χ1) is 8.54. The van der Waals surface area contributed by atoms with Gasteiger partial charge in [0.05, 0.1) is 0 Å². The zero-order valence-electron chi connectivity index (χ0n) is 10.5. The SMILES string of the molecule is CCCN1C(=O)NC(=N)C1c1ccc(Br)c(C)c1. The second-order valence-corrected chi connectivity index (χ2v) is 5.30. The van der Waals surface area contributed by atoms with Crippen LogP contribution in [0.5, 0.6) is 0 Å². The molecule has 5 heteroatoms. The van der Waals surface area contributed by atoms with Crippen LogP contribution in [0.15, 0.2) is 22.7 Å². The molecule has 1 atom stereocenters. The van der Waals surface area contributed by atoms with Gasteiger partial charge in [0.1, 0.15) is 11.9 Å². The Kier molecular flexibility index (Phi) is 3.71. The van der Waals surface area contributed by atoms with Crippen molar-refractivity contribution in [2.24, 2.45) is 0 Å². The van der Waals surface area contributed by atoms with Gasteiger partial charge in [-0.15, -0.1) is 0 Å². The Labute approximate surface area is 115 Å². The fraction of sp³-hybridized carbons (Fsp3) is 0.385. The maximum Gasteiger partial charge on any atom is 0.323 e. The Morgan fingerprint density at radius 3 is 2.83 bits per heavy atom. The van der Waals surface area contributed by atoms with Crippen molar-refractivity contribution in [1.82, 2.24) is 10.2 Å². The molecule has 2 rings (SSSR count). The van der Waals surface area contributed by atoms with Gasteiger partial charge in [-0.1, -0.05) is 35.0 Å². The first-order valence-electron chi connectivity index (χ1n) is 5.96. The van der Waals surface area contributed by atoms with Crippen LogP contribution in [-0.4, -0.2) is 23.3 Å². The lowest BCUT2D eigenvalue weighted by atomic mass is 10.0. The Bertz CT molecular complexity index is 501. The van der Waals surface area contributed by atoms with Gasteiger partial charge in [0, 0.05) is 11.0 Å². The second-order valence-electron chi connectivity index (χ2n) is 4.45. The minimum Gasteiger partial charge on any atom is -0.310 e. The Morgan fingerprint density at radius 1 is 1.50 bits per heavy atom. The molecule has 1 aliphatic rings. The highest BCUT2D eigenvalue weighted by atomic mass is 79.9. The Morgan fingerprint density at radius 2 is 2.22 bits per heavy atom. The molecule has 0 aromatic heterocycles. The van der Waals surface area contributed by atoms with Gasteiger partial charge in [0.15, 0.2) is 0 Å². The fourth-order valence-electron chi connectivity index (χ4n) is 2.18. The molecule has 0 radical (unpaired) electrons. The highest BCUT2D eigenvalue weighted by Gasteiger charge is 2.36. The van der Waals surface area contributed by atoms with Crippen molar-refractivity contribution < 1.29 is 4.79 Å². The number of aryl methyl sites for hydroxylation is 1. The predicted octanol–water partition coefficient (Wildman–Crippen LogP) is 3.21. The molecule has 1 heterocycles. The summed E-state index contributed by atoms with van der Waals surface area (Å²) in [5, 5.41) is 10.5. The van der Waals surface area contributed by atoms with Crippen LogP contribution in [0.1, 0.15) is 30.5 Å². The molecule has 0 saturated carbocycles. The minimum atomic E-state index is -0.274. The second kappa shape index (κ2) is 5.10. The number of hydrogen-bond acceptors (Lipinski definition) is 2. The molecule has 0 bridgehead atoms. The maximum absolute atomic E-state index is 11.8. The number of benzene rings is 1. The summed E-state index contributed by atoms with van der Waals surface area (Å²) in [5.41, 5.74) is 2.09. The van der Waals surface area contributed by atoms with E-state index < -0.39 is 0 Å². The van der Waals surface area contributed by atoms with Crippen LogP contribution in [0.25, 0.3) is 0 Å². The molecule has 0 aliphatic carbocycles. The minimum absolute atomic E-state index is 0.174. The number of halogens is 1. The van der Waals surface area contributed by atoms with E-state index in [4.69, 9.17) is 5.41 Å². The summed E-state index contributed by atoms with van der Waals surface area (Å²) in [5.74, 6) is 0.259. The van der Waals surface area contributed by atoms with Crippen molar-refractivity contribution in [2.75, 3.05) is 6.54 Å². The lowest BCUT2D eigenvalue weighted by molar-refractivity contribution is 0.206. The molecule has 0 spiro atoms. The van der Waals surface area contributed by atoms with Crippen molar-refractivity contribution >= 4 is 27.8 Å². The number of carbonyl (C=O) groups excluding carboxylic acids is 1. The first kappa shape index (κ1) is 13.1. The number of rotatable bonds is 3. The van der Waals surface area contributed by atoms with E-state index in [1.807, 2.05) is 32.0 Å². The summed E-state index contributed by atoms with van der Waals surface area (Å²) >= 11 is 3.46. The molecule has 1 aromatic rings. The topological polar surface area (TPSA) is 56.2 Å². The van der Waals surface area contributed by atoms with Crippen LogP contribution in [0.2, 0.25) is 0 Å². The molecule has 1 aromatic carbocycles. The van der Waals surface area contributed by atoms with Gasteiger partial charge in [0.25, 0.3) is 0 Å². The summed E-state index contributed by atoms with van der Waals surface area (Å²) < 4.78 is 1.04. The third kappa shape index (κ3) is 2.27. The van der Waals surface area contributed by atoms with Crippen LogP contribution in [0, 0.1) is 12.3 Å². The molecule has 1 fully saturated rings. The Balaban J connectivity index is 2.37. The van der Waals surface area contributed by atoms with Crippen LogP contribution < -0.4 is 5.32 Å². The number of nitrogens with zero attached hydrogens (tertiary/aromatic N) is 1. The molecule has 18 heavy (non-hydrogen) atoms. The van der Waals surface area contributed by atoms with E-state index in [2.05, 4.69) is 21.2 Å². The summed E-state index contributed by atoms with van der Waals surface area (Å²) in [6, 6.07) is 5.49. The molecule has 1 unspecified atom stereocenters. The van der Waals surface area contributed by atoms with Gasteiger partial charge in [-0.3, -0.25) is 10.7 Å². The lowest BCUT2D eigenvalue weighted by Crippen LogP contribution is -2.30. The zero-order valence-corrected chi connectivity index (χ0v) is 12.0. The van der Waals surface area contributed by atoms with Crippen LogP contribution in [0.4, 0.5) is 4.79 Å². The monoisotopic (exact) mass is 309 g/mol. The molecule has 2 amide bonds. The summed E-state index contributed by atoms with van der Waals surface area (Å²) in [4.78, 5) is 13.5. The van der Waals surface area contributed by atoms with E-state index in [1.54, 1.807) is 4.90 Å². The molecule has 1 aliphatic heterocycles. The van der Waals surface area contributed by atoms with Crippen molar-refractivity contribution in [1.29, 1.82) is 5.41 Å². The fourth-order valence-corrected chi connectivity index (χ4v) is 2.43. The van der Waals surface area contributed by atoms with E-state index >= 15 is 0 Å². The molecule has 4 nitrogen and oxygen atoms in total. The Hall–Kier alpha value is -1.36. The van der Waals surface area contributed by atoms with E-state index in [9.17, 15) is 4.79 Å². The number of carbonyl (C=O) groups is 1. The predicted molar refractivity (Wildman–Crippen MR) is 74.9 cm³/mol. The molecular formula is C13H16BrN3O. The van der Waals surface area contributed by atoms with Gasteiger partial charge < -0.3 is 4.90 Å². The van der Waals surface area contributed by atoms with Gasteiger partial charge in [-0.25, -0.2) is 4.79 Å². The van der Waals surface area contributed by atoms with Crippen LogP contribution in [-0.2, 0) is 0 Å². The van der Waals surface area contributed by atoms with E-state index in [-0.39, 0.29) is 17.9 Å². The van der Waals surface area contributed by atoms with Crippen LogP contribution in [0.3, 0.4) is 0 Å². The third-order valence-electron chi connectivity index (χ3n) is 3.05. The van der Waals surface area contributed by atoms with Crippen molar-refractivity contribution in [2.45, 2.75) is 26.3 Å². The number of hydrogen-bond donors (Lipinski definition) is 2. The average molecular weight is 310 g/mol. The van der Waals surface area contributed by atoms with Gasteiger partial charge in [0.2, 0.25) is 0 Å². The number of urea groups is 1. The van der Waals surface area contributed by atoms with Crippen molar-refractivity contribution in [3.05, 3.63) is 33.8 Å². The van der Waals surface area contributed by atoms with Gasteiger partial charge in [-0.05, 0) is 30.5 Å². The molecular weight excluding hydrogens is 294 g/mol. The average Bonchev–Trinajstić information content (AvgIpc) is 2.59. The van der Waals surface area contributed by atoms with Gasteiger partial charge in [-0.2, -0.15) is 0 Å². The normalized spacial score (nSPS) is 19.3. The van der Waals surface area contributed by atoms with Crippen molar-refractivity contribution in [3.8, 4) is 0 Å². The third-order valence-corrected chi connectivity index (χ3v) is 3.94. The van der Waals surface area contributed by atoms with Crippen molar-refractivity contribution in [3.63, 3.8) is 0 Å². The quantitative estimate of drug-likeness (QED) is 0.885. The molecule has 1 saturated heterocycles. The smallest absolute Gasteiger partial charge is 0.310 e. The number of amidine groups is 1. The van der Waals surface area contributed by atoms with Crippen LogP contribution >= 0.6 is 15.9 Å². The zero-order chi connectivity index (χ0) is 13.3. The number of amides is 2. The number of nitrogens with one attached hydrogen (secondary N) is 2. The largest absolute Gasteiger partial charge is 0.323 e. The lowest BCUT2D eigenvalue weighted by Gasteiger charge is -2.22. The highest BCUT2D eigenvalue weighted by Crippen LogP contribution is 2.28. The summed E-state index contributed by atoms with van der Waals surface area (Å²) in [7, 11) is 0. The van der Waals surface area contributed by atoms with E-state index in [0.29, 0.717) is 6.54 Å². The van der Waals surface area contributed by atoms with E-state index in [0.717, 1.165) is 22.0 Å². The molecule has 2 N–H and O–H groups in total. The van der Waals surface area contributed by atoms with Gasteiger partial charge >= 0.3 is 6.03 Å². The summed E-state index contributed by atoms with van der Waals surface area (Å²) in [6.45, 7) is 4.69. The maximum atomic E-state index is 11.8. The summed E-state index contributed by atoms with van der Waals surface area (Å²) in [6.07, 6.45) is 0.882. The first-order valence-corrected chi connectivity index (χ1v) is 6.76. The standard InChI is InChI=1S/C13H16BrN3O/c1-3-6-17-11(12(15)16-13(17)18)9-4-5-10(14)8(2)7-9/h4-5,7,11H,3,6H2,1-2H3,(H2,15,16,18). The van der Waals surface area contributed by atoms with E-state index in [1.165, 1.54) is 0 Å². The molecule has 96 valence electrons.